The van der Waals surface area contributed by atoms with Crippen molar-refractivity contribution in [2.75, 3.05) is 0 Å². The van der Waals surface area contributed by atoms with Crippen molar-refractivity contribution in [2.45, 2.75) is 0 Å². The van der Waals surface area contributed by atoms with Gasteiger partial charge in [-0.2, -0.15) is 5.26 Å². The lowest BCUT2D eigenvalue weighted by molar-refractivity contribution is 0.669. The highest BCUT2D eigenvalue weighted by molar-refractivity contribution is 6.20. The largest absolute Gasteiger partial charge is 0.456 e. The number of hydrogen-bond donors (Lipinski definition) is 0. The van der Waals surface area contributed by atoms with Crippen LogP contribution >= 0.6 is 0 Å². The monoisotopic (exact) mass is 679 g/mol. The van der Waals surface area contributed by atoms with Crippen LogP contribution in [0.25, 0.3) is 106 Å². The number of hydrogen-bond acceptors (Lipinski definition) is 6. The first-order chi connectivity index (χ1) is 26.2. The van der Waals surface area contributed by atoms with Gasteiger partial charge in [0.1, 0.15) is 28.4 Å². The summed E-state index contributed by atoms with van der Waals surface area (Å²) in [4.78, 5) is 15.0. The Balaban J connectivity index is 1.27. The molecule has 0 aliphatic rings. The fourth-order valence-corrected chi connectivity index (χ4v) is 7.73. The number of rotatable bonds is 4. The van der Waals surface area contributed by atoms with Crippen molar-refractivity contribution in [3.8, 4) is 45.9 Å². The van der Waals surface area contributed by atoms with Crippen LogP contribution in [0.1, 0.15) is 5.56 Å². The van der Waals surface area contributed by atoms with Crippen molar-refractivity contribution in [1.82, 2.24) is 19.5 Å². The van der Waals surface area contributed by atoms with E-state index in [-0.39, 0.29) is 0 Å². The summed E-state index contributed by atoms with van der Waals surface area (Å²) in [6.07, 6.45) is 0. The molecule has 0 fully saturated rings. The minimum Gasteiger partial charge on any atom is -0.456 e. The predicted octanol–water partition coefficient (Wildman–Crippen LogP) is 11.6. The van der Waals surface area contributed by atoms with Crippen molar-refractivity contribution in [1.29, 1.82) is 5.26 Å². The molecular formula is C46H25N5O2. The molecule has 11 rings (SSSR count). The van der Waals surface area contributed by atoms with Crippen LogP contribution in [0.5, 0.6) is 0 Å². The minimum absolute atomic E-state index is 0.360. The molecule has 4 heterocycles. The lowest BCUT2D eigenvalue weighted by Gasteiger charge is -2.14. The summed E-state index contributed by atoms with van der Waals surface area (Å²) in [5.41, 5.74) is 8.30. The zero-order chi connectivity index (χ0) is 35.0. The maximum atomic E-state index is 11.0. The molecule has 0 N–H and O–H groups in total. The molecule has 0 aliphatic carbocycles. The van der Waals surface area contributed by atoms with E-state index >= 15 is 0 Å². The summed E-state index contributed by atoms with van der Waals surface area (Å²) in [6, 6.07) is 52.9. The van der Waals surface area contributed by atoms with Crippen molar-refractivity contribution in [2.24, 2.45) is 0 Å². The summed E-state index contributed by atoms with van der Waals surface area (Å²) in [5.74, 6) is 1.37. The SMILES string of the molecule is N#Cc1cc(-n2c3ccccc3c3cc4oc5ccccc5c4cc32)c2c(oc3ccccc32)c1-c1nc(-c2ccccc2)nc(-c2ccccc2)n1. The number of benzene rings is 7. The molecule has 0 unspecified atom stereocenters. The van der Waals surface area contributed by atoms with Crippen LogP contribution in [0.3, 0.4) is 0 Å². The van der Waals surface area contributed by atoms with Gasteiger partial charge in [0, 0.05) is 38.1 Å². The van der Waals surface area contributed by atoms with Gasteiger partial charge in [-0.25, -0.2) is 15.0 Å². The van der Waals surface area contributed by atoms with Crippen molar-refractivity contribution in [3.63, 3.8) is 0 Å². The molecule has 0 amide bonds. The molecule has 4 aromatic heterocycles. The highest BCUT2D eigenvalue weighted by Crippen LogP contribution is 2.45. The Kier molecular flexibility index (Phi) is 6.18. The van der Waals surface area contributed by atoms with Crippen LogP contribution in [0, 0.1) is 11.3 Å². The maximum absolute atomic E-state index is 11.0. The topological polar surface area (TPSA) is 93.7 Å². The maximum Gasteiger partial charge on any atom is 0.169 e. The molecule has 11 aromatic rings. The van der Waals surface area contributed by atoms with Gasteiger partial charge < -0.3 is 13.4 Å². The summed E-state index contributed by atoms with van der Waals surface area (Å²) >= 11 is 0. The number of furan rings is 2. The first kappa shape index (κ1) is 29.2. The Hall–Kier alpha value is -7.56. The fourth-order valence-electron chi connectivity index (χ4n) is 7.73. The van der Waals surface area contributed by atoms with Crippen LogP contribution in [0.4, 0.5) is 0 Å². The number of aromatic nitrogens is 4. The van der Waals surface area contributed by atoms with E-state index in [9.17, 15) is 5.26 Å². The van der Waals surface area contributed by atoms with Crippen molar-refractivity contribution in [3.05, 3.63) is 157 Å². The molecule has 0 aliphatic heterocycles. The first-order valence-electron chi connectivity index (χ1n) is 17.3. The van der Waals surface area contributed by atoms with Crippen LogP contribution < -0.4 is 0 Å². The van der Waals surface area contributed by atoms with Crippen LogP contribution in [0.15, 0.2) is 160 Å². The lowest BCUT2D eigenvalue weighted by atomic mass is 10.00. The second-order valence-electron chi connectivity index (χ2n) is 13.1. The van der Waals surface area contributed by atoms with E-state index in [1.165, 1.54) is 0 Å². The van der Waals surface area contributed by atoms with Gasteiger partial charge in [-0.15, -0.1) is 0 Å². The van der Waals surface area contributed by atoms with E-state index in [1.807, 2.05) is 109 Å². The van der Waals surface area contributed by atoms with Gasteiger partial charge >= 0.3 is 0 Å². The van der Waals surface area contributed by atoms with Gasteiger partial charge in [0.15, 0.2) is 17.5 Å². The molecule has 7 heteroatoms. The zero-order valence-electron chi connectivity index (χ0n) is 28.0. The zero-order valence-corrected chi connectivity index (χ0v) is 28.0. The average Bonchev–Trinajstić information content (AvgIpc) is 3.89. The summed E-state index contributed by atoms with van der Waals surface area (Å²) in [6.45, 7) is 0. The molecule has 53 heavy (non-hydrogen) atoms. The Morgan fingerprint density at radius 2 is 1.06 bits per heavy atom. The third-order valence-electron chi connectivity index (χ3n) is 10.1. The van der Waals surface area contributed by atoms with E-state index in [1.54, 1.807) is 0 Å². The average molecular weight is 680 g/mol. The van der Waals surface area contributed by atoms with Gasteiger partial charge in [-0.3, -0.25) is 0 Å². The number of nitriles is 1. The number of nitrogens with zero attached hydrogens (tertiary/aromatic N) is 5. The molecule has 0 saturated carbocycles. The molecular weight excluding hydrogens is 655 g/mol. The van der Waals surface area contributed by atoms with E-state index in [0.717, 1.165) is 71.3 Å². The minimum atomic E-state index is 0.360. The smallest absolute Gasteiger partial charge is 0.169 e. The highest BCUT2D eigenvalue weighted by atomic mass is 16.3. The van der Waals surface area contributed by atoms with Crippen molar-refractivity contribution < 1.29 is 8.83 Å². The number of fused-ring (bicyclic) bond motifs is 9. The molecule has 0 radical (unpaired) electrons. The second-order valence-corrected chi connectivity index (χ2v) is 13.1. The van der Waals surface area contributed by atoms with Crippen LogP contribution in [-0.4, -0.2) is 19.5 Å². The molecule has 7 aromatic carbocycles. The Morgan fingerprint density at radius 3 is 1.75 bits per heavy atom. The highest BCUT2D eigenvalue weighted by Gasteiger charge is 2.26. The number of para-hydroxylation sites is 3. The standard InChI is InChI=1S/C46H25N5O2/c47-26-29-23-37(51-35-20-10-7-17-30(35)33-25-40-34(24-36(33)51)31-18-8-11-21-38(31)52-40)42-32-19-9-12-22-39(32)53-43(42)41(29)46-49-44(27-13-3-1-4-14-27)48-45(50-46)28-15-5-2-6-16-28/h1-25H. The molecule has 0 bridgehead atoms. The molecule has 0 spiro atoms. The molecule has 0 atom stereocenters. The van der Waals surface area contributed by atoms with Gasteiger partial charge in [0.2, 0.25) is 0 Å². The quantitative estimate of drug-likeness (QED) is 0.184. The molecule has 246 valence electrons. The fraction of sp³-hybridized carbons (Fsp3) is 0. The predicted molar refractivity (Wildman–Crippen MR) is 210 cm³/mol. The normalized spacial score (nSPS) is 11.8. The van der Waals surface area contributed by atoms with Gasteiger partial charge in [-0.1, -0.05) is 115 Å². The van der Waals surface area contributed by atoms with E-state index in [0.29, 0.717) is 39.8 Å². The van der Waals surface area contributed by atoms with Crippen LogP contribution in [0.2, 0.25) is 0 Å². The Morgan fingerprint density at radius 1 is 0.472 bits per heavy atom. The molecule has 7 nitrogen and oxygen atoms in total. The second kappa shape index (κ2) is 11.2. The van der Waals surface area contributed by atoms with Crippen LogP contribution in [-0.2, 0) is 0 Å². The summed E-state index contributed by atoms with van der Waals surface area (Å²) in [7, 11) is 0. The third kappa shape index (κ3) is 4.36. The lowest BCUT2D eigenvalue weighted by Crippen LogP contribution is -2.03. The Bertz CT molecular complexity index is 3240. The van der Waals surface area contributed by atoms with E-state index < -0.39 is 0 Å². The first-order valence-corrected chi connectivity index (χ1v) is 17.3. The summed E-state index contributed by atoms with van der Waals surface area (Å²) < 4.78 is 15.4. The third-order valence-corrected chi connectivity index (χ3v) is 10.1. The Labute approximate surface area is 301 Å². The van der Waals surface area contributed by atoms with Crippen molar-refractivity contribution >= 4 is 65.7 Å². The van der Waals surface area contributed by atoms with E-state index in [4.69, 9.17) is 23.8 Å². The van der Waals surface area contributed by atoms with Gasteiger partial charge in [-0.05, 0) is 36.4 Å². The molecule has 0 saturated heterocycles. The van der Waals surface area contributed by atoms with E-state index in [2.05, 4.69) is 53.1 Å². The summed E-state index contributed by atoms with van der Waals surface area (Å²) in [5, 5.41) is 17.0. The van der Waals surface area contributed by atoms with Gasteiger partial charge in [0.25, 0.3) is 0 Å². The van der Waals surface area contributed by atoms with Gasteiger partial charge in [0.05, 0.1) is 33.2 Å².